The molecule has 0 aromatic carbocycles. The summed E-state index contributed by atoms with van der Waals surface area (Å²) in [4.78, 5) is 10.7. The lowest BCUT2D eigenvalue weighted by Gasteiger charge is -2.24. The van der Waals surface area contributed by atoms with E-state index in [0.717, 1.165) is 13.0 Å². The molecule has 0 bridgehead atoms. The summed E-state index contributed by atoms with van der Waals surface area (Å²) in [6, 6.07) is -0.498. The number of nitrogens with one attached hydrogen (secondary N) is 2. The number of hydrogen-bond donors (Lipinski definition) is 3. The molecule has 0 aromatic rings. The third kappa shape index (κ3) is 5.19. The second-order valence-corrected chi connectivity index (χ2v) is 4.33. The molecule has 4 heteroatoms. The Balaban J connectivity index is 3.77. The Kier molecular flexibility index (Phi) is 5.72. The van der Waals surface area contributed by atoms with Crippen molar-refractivity contribution in [2.45, 2.75) is 33.2 Å². The molecular formula is C10H22N2O2. The van der Waals surface area contributed by atoms with Crippen molar-refractivity contribution in [3.63, 3.8) is 0 Å². The average molecular weight is 202 g/mol. The predicted molar refractivity (Wildman–Crippen MR) is 57.4 cm³/mol. The van der Waals surface area contributed by atoms with Crippen molar-refractivity contribution >= 4 is 5.97 Å². The van der Waals surface area contributed by atoms with E-state index < -0.39 is 12.0 Å². The smallest absolute Gasteiger partial charge is 0.322 e. The van der Waals surface area contributed by atoms with Crippen molar-refractivity contribution in [2.24, 2.45) is 5.41 Å². The first-order valence-corrected chi connectivity index (χ1v) is 5.03. The van der Waals surface area contributed by atoms with Crippen LogP contribution in [0.2, 0.25) is 0 Å². The minimum atomic E-state index is -0.811. The predicted octanol–water partition coefficient (Wildman–Crippen LogP) is 0.685. The number of likely N-dealkylation sites (N-methyl/N-ethyl adjacent to an activating group) is 1. The van der Waals surface area contributed by atoms with E-state index in [1.165, 1.54) is 0 Å². The van der Waals surface area contributed by atoms with Gasteiger partial charge in [0.15, 0.2) is 0 Å². The van der Waals surface area contributed by atoms with Crippen LogP contribution in [0.3, 0.4) is 0 Å². The monoisotopic (exact) mass is 202 g/mol. The van der Waals surface area contributed by atoms with Crippen LogP contribution < -0.4 is 10.6 Å². The van der Waals surface area contributed by atoms with Crippen LogP contribution in [0.25, 0.3) is 0 Å². The van der Waals surface area contributed by atoms with E-state index in [0.29, 0.717) is 6.54 Å². The summed E-state index contributed by atoms with van der Waals surface area (Å²) in [5.74, 6) is -0.811. The molecule has 0 amide bonds. The van der Waals surface area contributed by atoms with Crippen molar-refractivity contribution in [3.8, 4) is 0 Å². The number of rotatable bonds is 7. The highest BCUT2D eigenvalue weighted by Gasteiger charge is 2.17. The Morgan fingerprint density at radius 1 is 1.50 bits per heavy atom. The largest absolute Gasteiger partial charge is 0.480 e. The average Bonchev–Trinajstić information content (AvgIpc) is 2.12. The lowest BCUT2D eigenvalue weighted by atomic mass is 9.90. The maximum absolute atomic E-state index is 10.7. The van der Waals surface area contributed by atoms with Crippen LogP contribution in [0.1, 0.15) is 27.2 Å². The third-order valence-corrected chi connectivity index (χ3v) is 2.56. The summed E-state index contributed by atoms with van der Waals surface area (Å²) in [5, 5.41) is 14.7. The van der Waals surface area contributed by atoms with E-state index in [2.05, 4.69) is 31.4 Å². The van der Waals surface area contributed by atoms with Crippen LogP contribution >= 0.6 is 0 Å². The molecular weight excluding hydrogens is 180 g/mol. The molecule has 0 saturated carbocycles. The summed E-state index contributed by atoms with van der Waals surface area (Å²) in [6.07, 6.45) is 1.08. The fourth-order valence-corrected chi connectivity index (χ4v) is 0.993. The SMILES string of the molecule is CCC(C)(C)CNCC(NC)C(=O)O. The van der Waals surface area contributed by atoms with Crippen LogP contribution in [0.15, 0.2) is 0 Å². The molecule has 0 aliphatic heterocycles. The minimum Gasteiger partial charge on any atom is -0.480 e. The van der Waals surface area contributed by atoms with Gasteiger partial charge in [-0.15, -0.1) is 0 Å². The summed E-state index contributed by atoms with van der Waals surface area (Å²) in [7, 11) is 1.66. The zero-order chi connectivity index (χ0) is 11.2. The fourth-order valence-electron chi connectivity index (χ4n) is 0.993. The van der Waals surface area contributed by atoms with E-state index in [9.17, 15) is 4.79 Å². The normalized spacial score (nSPS) is 14.0. The molecule has 0 heterocycles. The zero-order valence-electron chi connectivity index (χ0n) is 9.55. The Labute approximate surface area is 86.1 Å². The van der Waals surface area contributed by atoms with Crippen LogP contribution in [-0.4, -0.2) is 37.3 Å². The highest BCUT2D eigenvalue weighted by atomic mass is 16.4. The van der Waals surface area contributed by atoms with Crippen molar-refractivity contribution in [1.29, 1.82) is 0 Å². The van der Waals surface area contributed by atoms with Crippen molar-refractivity contribution in [2.75, 3.05) is 20.1 Å². The quantitative estimate of drug-likeness (QED) is 0.568. The van der Waals surface area contributed by atoms with Gasteiger partial charge < -0.3 is 15.7 Å². The summed E-state index contributed by atoms with van der Waals surface area (Å²) in [6.45, 7) is 7.77. The number of hydrogen-bond acceptors (Lipinski definition) is 3. The molecule has 0 fully saturated rings. The van der Waals surface area contributed by atoms with Gasteiger partial charge in [-0.1, -0.05) is 20.8 Å². The lowest BCUT2D eigenvalue weighted by molar-refractivity contribution is -0.139. The Hall–Kier alpha value is -0.610. The third-order valence-electron chi connectivity index (χ3n) is 2.56. The number of carboxylic acids is 1. The second kappa shape index (κ2) is 5.98. The minimum absolute atomic E-state index is 0.233. The van der Waals surface area contributed by atoms with Gasteiger partial charge in [-0.2, -0.15) is 0 Å². The van der Waals surface area contributed by atoms with Gasteiger partial charge in [0.2, 0.25) is 0 Å². The second-order valence-electron chi connectivity index (χ2n) is 4.33. The molecule has 0 saturated heterocycles. The lowest BCUT2D eigenvalue weighted by Crippen LogP contribution is -2.44. The van der Waals surface area contributed by atoms with Crippen molar-refractivity contribution < 1.29 is 9.90 Å². The maximum atomic E-state index is 10.7. The number of carbonyl (C=O) groups is 1. The van der Waals surface area contributed by atoms with Gasteiger partial charge in [0.25, 0.3) is 0 Å². The van der Waals surface area contributed by atoms with Gasteiger partial charge in [-0.25, -0.2) is 0 Å². The molecule has 1 atom stereocenters. The topological polar surface area (TPSA) is 61.4 Å². The zero-order valence-corrected chi connectivity index (χ0v) is 9.55. The van der Waals surface area contributed by atoms with E-state index in [1.807, 2.05) is 0 Å². The van der Waals surface area contributed by atoms with E-state index in [4.69, 9.17) is 5.11 Å². The van der Waals surface area contributed by atoms with Crippen LogP contribution in [0, 0.1) is 5.41 Å². The Morgan fingerprint density at radius 2 is 2.07 bits per heavy atom. The Bertz CT molecular complexity index is 181. The molecule has 0 radical (unpaired) electrons. The van der Waals surface area contributed by atoms with Crippen molar-refractivity contribution in [1.82, 2.24) is 10.6 Å². The van der Waals surface area contributed by atoms with Crippen molar-refractivity contribution in [3.05, 3.63) is 0 Å². The van der Waals surface area contributed by atoms with Crippen LogP contribution in [0.4, 0.5) is 0 Å². The first-order valence-electron chi connectivity index (χ1n) is 5.03. The maximum Gasteiger partial charge on any atom is 0.322 e. The molecule has 0 aromatic heterocycles. The fraction of sp³-hybridized carbons (Fsp3) is 0.900. The van der Waals surface area contributed by atoms with E-state index >= 15 is 0 Å². The highest BCUT2D eigenvalue weighted by molar-refractivity contribution is 5.73. The summed E-state index contributed by atoms with van der Waals surface area (Å²) >= 11 is 0. The first kappa shape index (κ1) is 13.4. The molecule has 0 rings (SSSR count). The van der Waals surface area contributed by atoms with Gasteiger partial charge in [-0.05, 0) is 18.9 Å². The molecule has 14 heavy (non-hydrogen) atoms. The van der Waals surface area contributed by atoms with E-state index in [-0.39, 0.29) is 5.41 Å². The van der Waals surface area contributed by atoms with Gasteiger partial charge in [0.05, 0.1) is 0 Å². The molecule has 0 aliphatic rings. The van der Waals surface area contributed by atoms with Gasteiger partial charge in [-0.3, -0.25) is 4.79 Å². The molecule has 4 nitrogen and oxygen atoms in total. The number of aliphatic carboxylic acids is 1. The summed E-state index contributed by atoms with van der Waals surface area (Å²) < 4.78 is 0. The molecule has 0 aliphatic carbocycles. The van der Waals surface area contributed by atoms with Gasteiger partial charge >= 0.3 is 5.97 Å². The van der Waals surface area contributed by atoms with E-state index in [1.54, 1.807) is 7.05 Å². The molecule has 3 N–H and O–H groups in total. The molecule has 0 spiro atoms. The number of carboxylic acid groups (broad SMARTS) is 1. The molecule has 84 valence electrons. The summed E-state index contributed by atoms with van der Waals surface area (Å²) in [5.41, 5.74) is 0.233. The standard InChI is InChI=1S/C10H22N2O2/c1-5-10(2,3)7-12-6-8(11-4)9(13)14/h8,11-12H,5-7H2,1-4H3,(H,13,14). The van der Waals surface area contributed by atoms with Gasteiger partial charge in [0.1, 0.15) is 6.04 Å². The first-order chi connectivity index (χ1) is 6.43. The molecule has 1 unspecified atom stereocenters. The van der Waals surface area contributed by atoms with Crippen LogP contribution in [0.5, 0.6) is 0 Å². The highest BCUT2D eigenvalue weighted by Crippen LogP contribution is 2.17. The Morgan fingerprint density at radius 3 is 2.43 bits per heavy atom. The van der Waals surface area contributed by atoms with Crippen LogP contribution in [-0.2, 0) is 4.79 Å². The van der Waals surface area contributed by atoms with Gasteiger partial charge in [0, 0.05) is 13.1 Å².